The molecule has 7 fully saturated rings. The van der Waals surface area contributed by atoms with Crippen LogP contribution in [-0.2, 0) is 56.9 Å². The molecule has 364 valence electrons. The second kappa shape index (κ2) is 18.1. The van der Waals surface area contributed by atoms with Gasteiger partial charge in [-0.3, -0.25) is 4.79 Å². The lowest BCUT2D eigenvalue weighted by molar-refractivity contribution is -0.377. The molecule has 16 heteroatoms. The van der Waals surface area contributed by atoms with Crippen molar-refractivity contribution < 1.29 is 77.3 Å². The minimum atomic E-state index is -2.02. The first kappa shape index (κ1) is 49.8. The van der Waals surface area contributed by atoms with Crippen LogP contribution in [0.5, 0.6) is 0 Å². The fourth-order valence-corrected chi connectivity index (χ4v) is 12.9. The Hall–Kier alpha value is -1.09. The van der Waals surface area contributed by atoms with Gasteiger partial charge in [-0.1, -0.05) is 34.6 Å². The second-order valence-electron chi connectivity index (χ2n) is 21.5. The fraction of sp³-hybridized carbons (Fsp3) is 0.979. The zero-order valence-electron chi connectivity index (χ0n) is 40.1. The number of carboxylic acids is 1. The van der Waals surface area contributed by atoms with Gasteiger partial charge in [-0.2, -0.15) is 0 Å². The second-order valence-corrected chi connectivity index (χ2v) is 21.5. The zero-order chi connectivity index (χ0) is 46.2. The summed E-state index contributed by atoms with van der Waals surface area (Å²) in [6.45, 7) is 19.7. The van der Waals surface area contributed by atoms with Crippen LogP contribution in [0.2, 0.25) is 0 Å². The Balaban J connectivity index is 1.15. The fourth-order valence-electron chi connectivity index (χ4n) is 12.9. The van der Waals surface area contributed by atoms with Gasteiger partial charge in [0.15, 0.2) is 23.7 Å². The van der Waals surface area contributed by atoms with Gasteiger partial charge < -0.3 is 72.5 Å². The van der Waals surface area contributed by atoms with E-state index in [0.717, 1.165) is 19.3 Å². The van der Waals surface area contributed by atoms with Gasteiger partial charge in [0.2, 0.25) is 0 Å². The van der Waals surface area contributed by atoms with Crippen LogP contribution in [-0.4, -0.2) is 155 Å². The minimum absolute atomic E-state index is 0.00564. The zero-order valence-corrected chi connectivity index (χ0v) is 40.1. The normalized spacial score (nSPS) is 55.4. The molecule has 4 N–H and O–H groups in total. The summed E-state index contributed by atoms with van der Waals surface area (Å²) in [5.74, 6) is -6.49. The molecule has 0 bridgehead atoms. The summed E-state index contributed by atoms with van der Waals surface area (Å²) < 4.78 is 73.0. The molecule has 0 aromatic rings. The van der Waals surface area contributed by atoms with Crippen molar-refractivity contribution >= 4 is 5.97 Å². The van der Waals surface area contributed by atoms with E-state index in [4.69, 9.17) is 52.1 Å². The van der Waals surface area contributed by atoms with Crippen molar-refractivity contribution in [2.45, 2.75) is 241 Å². The van der Waals surface area contributed by atoms with Crippen LogP contribution in [0, 0.1) is 29.6 Å². The van der Waals surface area contributed by atoms with Gasteiger partial charge in [-0.05, 0) is 72.6 Å². The number of ether oxygens (including phenoxy) is 11. The van der Waals surface area contributed by atoms with Crippen LogP contribution in [0.25, 0.3) is 0 Å². The minimum Gasteiger partial charge on any atom is -0.481 e. The molecule has 7 rings (SSSR count). The van der Waals surface area contributed by atoms with Crippen LogP contribution in [0.1, 0.15) is 133 Å². The van der Waals surface area contributed by atoms with E-state index < -0.39 is 95.4 Å². The van der Waals surface area contributed by atoms with E-state index in [1.54, 1.807) is 28.1 Å². The molecule has 63 heavy (non-hydrogen) atoms. The Kier molecular flexibility index (Phi) is 14.3. The summed E-state index contributed by atoms with van der Waals surface area (Å²) >= 11 is 0. The molecule has 23 atom stereocenters. The molecule has 7 aliphatic rings. The summed E-state index contributed by atoms with van der Waals surface area (Å²) in [5, 5.41) is 43.1. The van der Waals surface area contributed by atoms with E-state index in [1.165, 1.54) is 7.11 Å². The van der Waals surface area contributed by atoms with Crippen molar-refractivity contribution in [1.29, 1.82) is 0 Å². The Morgan fingerprint density at radius 3 is 2.11 bits per heavy atom. The number of rotatable bonds is 12. The lowest BCUT2D eigenvalue weighted by Crippen LogP contribution is -2.68. The van der Waals surface area contributed by atoms with E-state index in [2.05, 4.69) is 34.6 Å². The SMILES string of the molecule is COC1CC(CC2OC(O)(CC(=O)O)C(C)C(OC)C2(C)OC)OC2(OC(C)(C3OC(C)(C4CCC(C5OC(C)(O)C(C)CC5C)O4)CC3OC3CCC(O)C(C)O3)CC2C)C1C. The third kappa shape index (κ3) is 9.04. The standard InChI is InChI=1S/C47H80O16/c1-24-18-25(2)45(10,51)61-39(24)32-15-16-35(57-32)42(7)22-34(58-38-17-14-31(48)29(6)56-38)41(62-42)43(8)21-26(3)47(63-43)27(4)33(53-11)19-30(59-47)20-36-44(9,55-13)40(54-12)28(5)46(52,60-36)23-37(49)50/h24-36,38-41,48,51-52H,14-23H2,1-13H3,(H,49,50). The van der Waals surface area contributed by atoms with Crippen molar-refractivity contribution in [3.63, 3.8) is 0 Å². The maximum atomic E-state index is 12.0. The third-order valence-corrected chi connectivity index (χ3v) is 17.0. The molecule has 7 heterocycles. The highest BCUT2D eigenvalue weighted by molar-refractivity contribution is 5.68. The predicted octanol–water partition coefficient (Wildman–Crippen LogP) is 5.08. The number of carbonyl (C=O) groups is 1. The number of aliphatic carboxylic acids is 1. The first-order valence-electron chi connectivity index (χ1n) is 23.7. The molecule has 0 aromatic heterocycles. The summed E-state index contributed by atoms with van der Waals surface area (Å²) in [7, 11) is 4.78. The molecule has 0 radical (unpaired) electrons. The number of hydrogen-bond donors (Lipinski definition) is 4. The Labute approximate surface area is 374 Å². The monoisotopic (exact) mass is 901 g/mol. The molecule has 7 saturated heterocycles. The number of hydrogen-bond acceptors (Lipinski definition) is 15. The molecule has 7 aliphatic heterocycles. The maximum Gasteiger partial charge on any atom is 0.308 e. The molecule has 0 aromatic carbocycles. The van der Waals surface area contributed by atoms with Gasteiger partial charge in [0.25, 0.3) is 0 Å². The van der Waals surface area contributed by atoms with E-state index in [0.29, 0.717) is 32.1 Å². The number of carboxylic acid groups (broad SMARTS) is 1. The van der Waals surface area contributed by atoms with Gasteiger partial charge in [0.1, 0.15) is 11.7 Å². The third-order valence-electron chi connectivity index (χ3n) is 17.0. The van der Waals surface area contributed by atoms with Crippen LogP contribution in [0.15, 0.2) is 0 Å². The maximum absolute atomic E-state index is 12.0. The van der Waals surface area contributed by atoms with Crippen molar-refractivity contribution in [2.24, 2.45) is 29.6 Å². The Morgan fingerprint density at radius 1 is 0.762 bits per heavy atom. The topological polar surface area (TPSA) is 200 Å². The Bertz CT molecular complexity index is 1600. The summed E-state index contributed by atoms with van der Waals surface area (Å²) in [4.78, 5) is 12.0. The molecular formula is C47H80O16. The molecular weight excluding hydrogens is 821 g/mol. The van der Waals surface area contributed by atoms with Crippen LogP contribution < -0.4 is 0 Å². The lowest BCUT2D eigenvalue weighted by Gasteiger charge is -2.56. The van der Waals surface area contributed by atoms with Crippen molar-refractivity contribution in [2.75, 3.05) is 21.3 Å². The first-order chi connectivity index (χ1) is 29.4. The molecule has 0 amide bonds. The summed E-state index contributed by atoms with van der Waals surface area (Å²) in [5.41, 5.74) is -2.77. The quantitative estimate of drug-likeness (QED) is 0.202. The van der Waals surface area contributed by atoms with Crippen LogP contribution >= 0.6 is 0 Å². The molecule has 0 aliphatic carbocycles. The molecule has 23 unspecified atom stereocenters. The highest BCUT2D eigenvalue weighted by Crippen LogP contribution is 2.58. The average molecular weight is 901 g/mol. The first-order valence-corrected chi connectivity index (χ1v) is 23.7. The van der Waals surface area contributed by atoms with Gasteiger partial charge >= 0.3 is 5.97 Å². The lowest BCUT2D eigenvalue weighted by atomic mass is 9.73. The van der Waals surface area contributed by atoms with Gasteiger partial charge in [0, 0.05) is 70.7 Å². The van der Waals surface area contributed by atoms with Crippen molar-refractivity contribution in [3.05, 3.63) is 0 Å². The molecule has 1 spiro atoms. The highest BCUT2D eigenvalue weighted by atomic mass is 16.7. The largest absolute Gasteiger partial charge is 0.481 e. The highest BCUT2D eigenvalue weighted by Gasteiger charge is 2.68. The smallest absolute Gasteiger partial charge is 0.308 e. The summed E-state index contributed by atoms with van der Waals surface area (Å²) in [6, 6.07) is 0. The predicted molar refractivity (Wildman–Crippen MR) is 226 cm³/mol. The van der Waals surface area contributed by atoms with Crippen LogP contribution in [0.3, 0.4) is 0 Å². The van der Waals surface area contributed by atoms with Crippen molar-refractivity contribution in [3.8, 4) is 0 Å². The average Bonchev–Trinajstić information content (AvgIpc) is 3.90. The van der Waals surface area contributed by atoms with E-state index >= 15 is 0 Å². The Morgan fingerprint density at radius 2 is 1.48 bits per heavy atom. The van der Waals surface area contributed by atoms with Crippen LogP contribution in [0.4, 0.5) is 0 Å². The van der Waals surface area contributed by atoms with Crippen molar-refractivity contribution in [1.82, 2.24) is 0 Å². The van der Waals surface area contributed by atoms with Gasteiger partial charge in [-0.15, -0.1) is 0 Å². The van der Waals surface area contributed by atoms with E-state index in [9.17, 15) is 25.2 Å². The van der Waals surface area contributed by atoms with Gasteiger partial charge in [-0.25, -0.2) is 0 Å². The van der Waals surface area contributed by atoms with E-state index in [-0.39, 0.29) is 60.6 Å². The number of aliphatic hydroxyl groups excluding tert-OH is 1. The molecule has 16 nitrogen and oxygen atoms in total. The number of methoxy groups -OCH3 is 3. The summed E-state index contributed by atoms with van der Waals surface area (Å²) in [6.07, 6.45) is -1.02. The molecule has 0 saturated carbocycles. The van der Waals surface area contributed by atoms with Gasteiger partial charge in [0.05, 0.1) is 78.7 Å². The number of aliphatic hydroxyl groups is 3. The van der Waals surface area contributed by atoms with E-state index in [1.807, 2.05) is 20.8 Å².